The lowest BCUT2D eigenvalue weighted by molar-refractivity contribution is -0.146. The van der Waals surface area contributed by atoms with E-state index in [1.165, 1.54) is 36.4 Å². The Balaban J connectivity index is 1.75. The zero-order valence-corrected chi connectivity index (χ0v) is 16.6. The van der Waals surface area contributed by atoms with Crippen molar-refractivity contribution in [3.8, 4) is 11.5 Å². The second kappa shape index (κ2) is 11.7. The van der Waals surface area contributed by atoms with Gasteiger partial charge < -0.3 is 19.3 Å². The van der Waals surface area contributed by atoms with Gasteiger partial charge in [0, 0.05) is 24.5 Å². The lowest BCUT2D eigenvalue weighted by Gasteiger charge is -2.13. The largest absolute Gasteiger partial charge is 0.493 e. The van der Waals surface area contributed by atoms with E-state index in [0.29, 0.717) is 17.7 Å². The van der Waals surface area contributed by atoms with Gasteiger partial charge >= 0.3 is 11.9 Å². The van der Waals surface area contributed by atoms with E-state index in [-0.39, 0.29) is 44.3 Å². The molecule has 0 aliphatic heterocycles. The Morgan fingerprint density at radius 1 is 1.03 bits per heavy atom. The molecule has 8 heteroatoms. The summed E-state index contributed by atoms with van der Waals surface area (Å²) in [6, 6.07) is 9.68. The maximum Gasteiger partial charge on any atom is 0.306 e. The Morgan fingerprint density at radius 3 is 2.53 bits per heavy atom. The number of ether oxygens (including phenoxy) is 3. The van der Waals surface area contributed by atoms with Crippen LogP contribution in [0.2, 0.25) is 0 Å². The van der Waals surface area contributed by atoms with Gasteiger partial charge in [0.05, 0.1) is 19.6 Å². The molecule has 0 amide bonds. The van der Waals surface area contributed by atoms with E-state index < -0.39 is 23.6 Å². The van der Waals surface area contributed by atoms with E-state index in [2.05, 4.69) is 0 Å². The SMILES string of the molecule is CC(COc1cccc(F)c1)CC(=O)OCc1cc(F)cc(OCCCC(=O)O)c1. The first kappa shape index (κ1) is 23.1. The summed E-state index contributed by atoms with van der Waals surface area (Å²) in [5.74, 6) is -1.90. The molecule has 162 valence electrons. The molecular formula is C22H24F2O6. The van der Waals surface area contributed by atoms with Gasteiger partial charge in [-0.05, 0) is 36.2 Å². The lowest BCUT2D eigenvalue weighted by atomic mass is 10.1. The van der Waals surface area contributed by atoms with Crippen LogP contribution in [0.5, 0.6) is 11.5 Å². The van der Waals surface area contributed by atoms with Crippen LogP contribution >= 0.6 is 0 Å². The van der Waals surface area contributed by atoms with Gasteiger partial charge in [-0.2, -0.15) is 0 Å². The summed E-state index contributed by atoms with van der Waals surface area (Å²) >= 11 is 0. The molecule has 0 spiro atoms. The third-order valence-corrected chi connectivity index (χ3v) is 3.98. The second-order valence-electron chi connectivity index (χ2n) is 6.88. The topological polar surface area (TPSA) is 82.1 Å². The maximum atomic E-state index is 13.7. The van der Waals surface area contributed by atoms with Crippen molar-refractivity contribution in [2.24, 2.45) is 5.92 Å². The Hall–Kier alpha value is -3.16. The summed E-state index contributed by atoms with van der Waals surface area (Å²) in [7, 11) is 0. The molecule has 0 saturated carbocycles. The number of carbonyl (C=O) groups is 2. The van der Waals surface area contributed by atoms with Crippen molar-refractivity contribution in [2.75, 3.05) is 13.2 Å². The fourth-order valence-electron chi connectivity index (χ4n) is 2.56. The Labute approximate surface area is 173 Å². The molecule has 0 aromatic heterocycles. The first-order chi connectivity index (χ1) is 14.3. The molecule has 0 saturated heterocycles. The Morgan fingerprint density at radius 2 is 1.80 bits per heavy atom. The number of hydrogen-bond donors (Lipinski definition) is 1. The summed E-state index contributed by atoms with van der Waals surface area (Å²) in [5, 5.41) is 8.60. The zero-order valence-electron chi connectivity index (χ0n) is 16.6. The maximum absolute atomic E-state index is 13.7. The van der Waals surface area contributed by atoms with Crippen molar-refractivity contribution in [1.82, 2.24) is 0 Å². The van der Waals surface area contributed by atoms with E-state index in [1.54, 1.807) is 13.0 Å². The molecule has 6 nitrogen and oxygen atoms in total. The number of halogens is 2. The van der Waals surface area contributed by atoms with Gasteiger partial charge in [-0.15, -0.1) is 0 Å². The first-order valence-corrected chi connectivity index (χ1v) is 9.50. The smallest absolute Gasteiger partial charge is 0.306 e. The monoisotopic (exact) mass is 422 g/mol. The van der Waals surface area contributed by atoms with Gasteiger partial charge in [-0.25, -0.2) is 8.78 Å². The molecule has 2 aromatic rings. The van der Waals surface area contributed by atoms with Crippen LogP contribution in [0.4, 0.5) is 8.78 Å². The molecule has 30 heavy (non-hydrogen) atoms. The molecule has 0 radical (unpaired) electrons. The quantitative estimate of drug-likeness (QED) is 0.404. The minimum Gasteiger partial charge on any atom is -0.493 e. The van der Waals surface area contributed by atoms with Gasteiger partial charge in [0.15, 0.2) is 0 Å². The molecule has 1 N–H and O–H groups in total. The molecule has 0 bridgehead atoms. The van der Waals surface area contributed by atoms with Crippen LogP contribution in [0.3, 0.4) is 0 Å². The number of aliphatic carboxylic acids is 1. The highest BCUT2D eigenvalue weighted by molar-refractivity contribution is 5.69. The Kier molecular flexibility index (Phi) is 9.05. The molecule has 0 heterocycles. The molecule has 2 rings (SSSR count). The predicted molar refractivity (Wildman–Crippen MR) is 104 cm³/mol. The number of benzene rings is 2. The molecule has 0 aliphatic carbocycles. The van der Waals surface area contributed by atoms with E-state index in [9.17, 15) is 18.4 Å². The zero-order chi connectivity index (χ0) is 21.9. The number of esters is 1. The van der Waals surface area contributed by atoms with Crippen LogP contribution in [0.1, 0.15) is 31.7 Å². The lowest BCUT2D eigenvalue weighted by Crippen LogP contribution is -2.15. The van der Waals surface area contributed by atoms with Crippen LogP contribution in [-0.2, 0) is 20.9 Å². The summed E-state index contributed by atoms with van der Waals surface area (Å²) in [4.78, 5) is 22.5. The number of carbonyl (C=O) groups excluding carboxylic acids is 1. The van der Waals surface area contributed by atoms with Crippen molar-refractivity contribution in [2.45, 2.75) is 32.8 Å². The molecule has 0 fully saturated rings. The molecular weight excluding hydrogens is 398 g/mol. The average molecular weight is 422 g/mol. The van der Waals surface area contributed by atoms with Crippen LogP contribution in [0.25, 0.3) is 0 Å². The minimum absolute atomic E-state index is 0.0408. The second-order valence-corrected chi connectivity index (χ2v) is 6.88. The summed E-state index contributed by atoms with van der Waals surface area (Å²) < 4.78 is 42.8. The first-order valence-electron chi connectivity index (χ1n) is 9.50. The van der Waals surface area contributed by atoms with Crippen molar-refractivity contribution < 1.29 is 37.7 Å². The van der Waals surface area contributed by atoms with E-state index in [1.807, 2.05) is 0 Å². The molecule has 1 atom stereocenters. The van der Waals surface area contributed by atoms with Gasteiger partial charge in [-0.3, -0.25) is 9.59 Å². The highest BCUT2D eigenvalue weighted by atomic mass is 19.1. The minimum atomic E-state index is -0.930. The summed E-state index contributed by atoms with van der Waals surface area (Å²) in [5.41, 5.74) is 0.417. The van der Waals surface area contributed by atoms with Crippen LogP contribution in [0, 0.1) is 17.6 Å². The average Bonchev–Trinajstić information content (AvgIpc) is 2.68. The normalized spacial score (nSPS) is 11.6. The highest BCUT2D eigenvalue weighted by Crippen LogP contribution is 2.19. The third kappa shape index (κ3) is 8.89. The van der Waals surface area contributed by atoms with Crippen molar-refractivity contribution >= 4 is 11.9 Å². The van der Waals surface area contributed by atoms with Gasteiger partial charge in [0.25, 0.3) is 0 Å². The summed E-state index contributed by atoms with van der Waals surface area (Å²) in [6.45, 7) is 2.02. The fourth-order valence-corrected chi connectivity index (χ4v) is 2.56. The van der Waals surface area contributed by atoms with Gasteiger partial charge in [-0.1, -0.05) is 13.0 Å². The van der Waals surface area contributed by atoms with E-state index in [0.717, 1.165) is 0 Å². The predicted octanol–water partition coefficient (Wildman–Crippen LogP) is 4.36. The fraction of sp³-hybridized carbons (Fsp3) is 0.364. The third-order valence-electron chi connectivity index (χ3n) is 3.98. The van der Waals surface area contributed by atoms with Crippen molar-refractivity contribution in [3.63, 3.8) is 0 Å². The number of carboxylic acids is 1. The van der Waals surface area contributed by atoms with Crippen LogP contribution in [-0.4, -0.2) is 30.3 Å². The van der Waals surface area contributed by atoms with Gasteiger partial charge in [0.2, 0.25) is 0 Å². The molecule has 2 aromatic carbocycles. The number of hydrogen-bond acceptors (Lipinski definition) is 5. The van der Waals surface area contributed by atoms with Crippen molar-refractivity contribution in [3.05, 3.63) is 59.7 Å². The summed E-state index contributed by atoms with van der Waals surface area (Å²) in [6.07, 6.45) is 0.343. The standard InChI is InChI=1S/C22H24F2O6/c1-15(13-29-19-5-2-4-17(23)11-19)8-22(27)30-14-16-9-18(24)12-20(10-16)28-7-3-6-21(25)26/h2,4-5,9-12,15H,3,6-8,13-14H2,1H3,(H,25,26). The van der Waals surface area contributed by atoms with Crippen molar-refractivity contribution in [1.29, 1.82) is 0 Å². The van der Waals surface area contributed by atoms with Gasteiger partial charge in [0.1, 0.15) is 29.7 Å². The Bertz CT molecular complexity index is 855. The highest BCUT2D eigenvalue weighted by Gasteiger charge is 2.13. The molecule has 1 unspecified atom stereocenters. The van der Waals surface area contributed by atoms with E-state index in [4.69, 9.17) is 19.3 Å². The van der Waals surface area contributed by atoms with Crippen LogP contribution < -0.4 is 9.47 Å². The number of rotatable bonds is 12. The van der Waals surface area contributed by atoms with E-state index >= 15 is 0 Å². The molecule has 0 aliphatic rings. The number of carboxylic acid groups (broad SMARTS) is 1. The van der Waals surface area contributed by atoms with Crippen LogP contribution in [0.15, 0.2) is 42.5 Å².